The van der Waals surface area contributed by atoms with Gasteiger partial charge in [0, 0.05) is 5.56 Å². The van der Waals surface area contributed by atoms with Crippen molar-refractivity contribution in [2.75, 3.05) is 5.75 Å². The number of ketones is 1. The van der Waals surface area contributed by atoms with E-state index >= 15 is 0 Å². The molecule has 0 N–H and O–H groups in total. The second kappa shape index (κ2) is 6.67. The second-order valence-electron chi connectivity index (χ2n) is 4.90. The van der Waals surface area contributed by atoms with E-state index < -0.39 is 0 Å². The average Bonchev–Trinajstić information content (AvgIpc) is 2.88. The van der Waals surface area contributed by atoms with E-state index in [2.05, 4.69) is 35.1 Å². The Balaban J connectivity index is 2.10. The largest absolute Gasteiger partial charge is 0.293 e. The zero-order valence-electron chi connectivity index (χ0n) is 12.5. The van der Waals surface area contributed by atoms with Crippen molar-refractivity contribution in [3.63, 3.8) is 0 Å². The normalized spacial score (nSPS) is 10.6. The van der Waals surface area contributed by atoms with Gasteiger partial charge in [0.15, 0.2) is 5.78 Å². The van der Waals surface area contributed by atoms with Crippen LogP contribution in [0.5, 0.6) is 0 Å². The molecule has 0 radical (unpaired) electrons. The van der Waals surface area contributed by atoms with Crippen LogP contribution in [-0.2, 0) is 6.54 Å². The van der Waals surface area contributed by atoms with Crippen molar-refractivity contribution in [2.45, 2.75) is 32.5 Å². The van der Waals surface area contributed by atoms with Crippen LogP contribution in [0.3, 0.4) is 0 Å². The molecular weight excluding hydrogens is 284 g/mol. The number of thioether (sulfide) groups is 1. The first-order valence-corrected chi connectivity index (χ1v) is 7.62. The number of tetrazole rings is 1. The number of benzene rings is 1. The SMILES string of the molecule is C=CCn1nnnc1SCC(=O)c1cc(C)c(C)cc1C. The Bertz CT molecular complexity index is 678. The highest BCUT2D eigenvalue weighted by Crippen LogP contribution is 2.20. The molecule has 0 bridgehead atoms. The van der Waals surface area contributed by atoms with Crippen LogP contribution in [0.1, 0.15) is 27.0 Å². The highest BCUT2D eigenvalue weighted by molar-refractivity contribution is 7.99. The molecule has 0 aliphatic rings. The van der Waals surface area contributed by atoms with Gasteiger partial charge in [-0.15, -0.1) is 11.7 Å². The van der Waals surface area contributed by atoms with Gasteiger partial charge in [-0.25, -0.2) is 4.68 Å². The van der Waals surface area contributed by atoms with Crippen molar-refractivity contribution in [2.24, 2.45) is 0 Å². The predicted molar refractivity (Wildman–Crippen MR) is 83.7 cm³/mol. The number of allylic oxidation sites excluding steroid dienone is 1. The minimum Gasteiger partial charge on any atom is -0.293 e. The van der Waals surface area contributed by atoms with Gasteiger partial charge in [0.2, 0.25) is 5.16 Å². The van der Waals surface area contributed by atoms with Crippen molar-refractivity contribution >= 4 is 17.5 Å². The van der Waals surface area contributed by atoms with Gasteiger partial charge in [-0.2, -0.15) is 0 Å². The summed E-state index contributed by atoms with van der Waals surface area (Å²) in [7, 11) is 0. The van der Waals surface area contributed by atoms with Gasteiger partial charge in [0.1, 0.15) is 0 Å². The Morgan fingerprint density at radius 1 is 1.29 bits per heavy atom. The van der Waals surface area contributed by atoms with Crippen molar-refractivity contribution in [1.29, 1.82) is 0 Å². The zero-order valence-corrected chi connectivity index (χ0v) is 13.3. The fraction of sp³-hybridized carbons (Fsp3) is 0.333. The molecule has 0 saturated heterocycles. The molecule has 21 heavy (non-hydrogen) atoms. The summed E-state index contributed by atoms with van der Waals surface area (Å²) in [4.78, 5) is 12.4. The molecule has 110 valence electrons. The summed E-state index contributed by atoms with van der Waals surface area (Å²) in [5.41, 5.74) is 4.11. The quantitative estimate of drug-likeness (QED) is 0.466. The summed E-state index contributed by atoms with van der Waals surface area (Å²) in [6.07, 6.45) is 1.72. The van der Waals surface area contributed by atoms with Crippen molar-refractivity contribution in [1.82, 2.24) is 20.2 Å². The molecule has 5 nitrogen and oxygen atoms in total. The van der Waals surface area contributed by atoms with Crippen LogP contribution in [0.15, 0.2) is 29.9 Å². The highest BCUT2D eigenvalue weighted by atomic mass is 32.2. The Labute approximate surface area is 128 Å². The molecular formula is C15H18N4OS. The topological polar surface area (TPSA) is 60.7 Å². The first-order chi connectivity index (χ1) is 10.0. The van der Waals surface area contributed by atoms with Crippen molar-refractivity contribution in [3.8, 4) is 0 Å². The van der Waals surface area contributed by atoms with E-state index in [1.165, 1.54) is 17.3 Å². The maximum atomic E-state index is 12.4. The zero-order chi connectivity index (χ0) is 15.4. The third kappa shape index (κ3) is 3.58. The van der Waals surface area contributed by atoms with E-state index in [4.69, 9.17) is 0 Å². The van der Waals surface area contributed by atoms with Crippen LogP contribution in [0.4, 0.5) is 0 Å². The minimum absolute atomic E-state index is 0.0914. The van der Waals surface area contributed by atoms with E-state index in [1.807, 2.05) is 19.9 Å². The lowest BCUT2D eigenvalue weighted by atomic mass is 9.99. The monoisotopic (exact) mass is 302 g/mol. The van der Waals surface area contributed by atoms with Crippen LogP contribution in [0.2, 0.25) is 0 Å². The van der Waals surface area contributed by atoms with E-state index in [0.29, 0.717) is 17.5 Å². The maximum absolute atomic E-state index is 12.4. The number of aromatic nitrogens is 4. The van der Waals surface area contributed by atoms with Gasteiger partial charge >= 0.3 is 0 Å². The number of hydrogen-bond donors (Lipinski definition) is 0. The Kier molecular flexibility index (Phi) is 4.90. The summed E-state index contributed by atoms with van der Waals surface area (Å²) in [6.45, 7) is 10.2. The lowest BCUT2D eigenvalue weighted by Crippen LogP contribution is -2.08. The van der Waals surface area contributed by atoms with Crippen molar-refractivity contribution in [3.05, 3.63) is 47.0 Å². The Morgan fingerprint density at radius 2 is 2.00 bits per heavy atom. The van der Waals surface area contributed by atoms with Crippen LogP contribution >= 0.6 is 11.8 Å². The van der Waals surface area contributed by atoms with E-state index in [-0.39, 0.29) is 5.78 Å². The third-order valence-electron chi connectivity index (χ3n) is 3.27. The molecule has 0 aliphatic heterocycles. The fourth-order valence-corrected chi connectivity index (χ4v) is 2.78. The minimum atomic E-state index is 0.0914. The predicted octanol–water partition coefficient (Wildman–Crippen LogP) is 2.76. The van der Waals surface area contributed by atoms with Gasteiger partial charge in [0.05, 0.1) is 12.3 Å². The number of hydrogen-bond acceptors (Lipinski definition) is 5. The van der Waals surface area contributed by atoms with Crippen molar-refractivity contribution < 1.29 is 4.79 Å². The number of nitrogens with zero attached hydrogens (tertiary/aromatic N) is 4. The van der Waals surface area contributed by atoms with Gasteiger partial charge in [-0.05, 0) is 54.0 Å². The van der Waals surface area contributed by atoms with Crippen LogP contribution in [0, 0.1) is 20.8 Å². The number of carbonyl (C=O) groups is 1. The van der Waals surface area contributed by atoms with E-state index in [0.717, 1.165) is 16.7 Å². The summed E-state index contributed by atoms with van der Waals surface area (Å²) in [6, 6.07) is 4.01. The highest BCUT2D eigenvalue weighted by Gasteiger charge is 2.13. The summed E-state index contributed by atoms with van der Waals surface area (Å²) < 4.78 is 1.62. The van der Waals surface area contributed by atoms with E-state index in [1.54, 1.807) is 10.8 Å². The first kappa shape index (κ1) is 15.4. The first-order valence-electron chi connectivity index (χ1n) is 6.64. The Hall–Kier alpha value is -1.95. The smallest absolute Gasteiger partial charge is 0.210 e. The number of rotatable bonds is 6. The standard InChI is InChI=1S/C15H18N4OS/c1-5-6-19-15(16-17-18-19)21-9-14(20)13-8-11(3)10(2)7-12(13)4/h5,7-8H,1,6,9H2,2-4H3. The number of aryl methyl sites for hydroxylation is 3. The average molecular weight is 302 g/mol. The molecule has 2 rings (SSSR count). The molecule has 0 saturated carbocycles. The molecule has 0 aliphatic carbocycles. The lowest BCUT2D eigenvalue weighted by molar-refractivity contribution is 0.102. The summed E-state index contributed by atoms with van der Waals surface area (Å²) >= 11 is 1.34. The van der Waals surface area contributed by atoms with E-state index in [9.17, 15) is 4.79 Å². The maximum Gasteiger partial charge on any atom is 0.210 e. The third-order valence-corrected chi connectivity index (χ3v) is 4.23. The molecule has 0 unspecified atom stereocenters. The molecule has 1 aromatic heterocycles. The Morgan fingerprint density at radius 3 is 2.71 bits per heavy atom. The number of Topliss-reactive ketones (excluding diaryl/α,β-unsaturated/α-hetero) is 1. The molecule has 6 heteroatoms. The summed E-state index contributed by atoms with van der Waals surface area (Å²) in [5, 5.41) is 12.0. The van der Waals surface area contributed by atoms with Crippen LogP contribution < -0.4 is 0 Å². The number of carbonyl (C=O) groups excluding carboxylic acids is 1. The van der Waals surface area contributed by atoms with Gasteiger partial charge < -0.3 is 0 Å². The molecule has 0 fully saturated rings. The van der Waals surface area contributed by atoms with Gasteiger partial charge in [-0.3, -0.25) is 4.79 Å². The summed E-state index contributed by atoms with van der Waals surface area (Å²) in [5.74, 6) is 0.412. The lowest BCUT2D eigenvalue weighted by Gasteiger charge is -2.08. The van der Waals surface area contributed by atoms with Crippen LogP contribution in [0.25, 0.3) is 0 Å². The second-order valence-corrected chi connectivity index (χ2v) is 5.84. The fourth-order valence-electron chi connectivity index (χ4n) is 2.01. The molecule has 1 heterocycles. The van der Waals surface area contributed by atoms with Gasteiger partial charge in [0.25, 0.3) is 0 Å². The molecule has 0 spiro atoms. The van der Waals surface area contributed by atoms with Crippen LogP contribution in [-0.4, -0.2) is 31.7 Å². The molecule has 0 atom stereocenters. The molecule has 2 aromatic rings. The van der Waals surface area contributed by atoms with Gasteiger partial charge in [-0.1, -0.05) is 23.9 Å². The molecule has 1 aromatic carbocycles. The molecule has 0 amide bonds.